The molecule has 0 saturated heterocycles. The molecule has 5 heteroatoms. The van der Waals surface area contributed by atoms with E-state index in [9.17, 15) is 8.42 Å². The molecule has 0 fully saturated rings. The van der Waals surface area contributed by atoms with Crippen molar-refractivity contribution in [2.24, 2.45) is 0 Å². The lowest BCUT2D eigenvalue weighted by atomic mass is 9.92. The van der Waals surface area contributed by atoms with Crippen LogP contribution in [0.5, 0.6) is 0 Å². The number of aromatic amines is 1. The van der Waals surface area contributed by atoms with Crippen LogP contribution in [0.15, 0.2) is 40.4 Å². The molecular formula is C13H14N2O2S. The second-order valence-corrected chi connectivity index (χ2v) is 6.52. The van der Waals surface area contributed by atoms with Crippen molar-refractivity contribution in [3.63, 3.8) is 0 Å². The van der Waals surface area contributed by atoms with Crippen LogP contribution in [-0.4, -0.2) is 18.6 Å². The summed E-state index contributed by atoms with van der Waals surface area (Å²) in [6.45, 7) is 0. The van der Waals surface area contributed by atoms with Gasteiger partial charge in [0.15, 0.2) is 0 Å². The minimum Gasteiger partial charge on any atom is -0.284 e. The lowest BCUT2D eigenvalue weighted by molar-refractivity contribution is 0.595. The summed E-state index contributed by atoms with van der Waals surface area (Å²) in [5.41, 5.74) is 2.46. The molecule has 3 rings (SSSR count). The Kier molecular flexibility index (Phi) is 2.70. The van der Waals surface area contributed by atoms with Crippen LogP contribution in [0.2, 0.25) is 0 Å². The first-order valence-electron chi connectivity index (χ1n) is 6.03. The van der Waals surface area contributed by atoms with Crippen molar-refractivity contribution in [2.75, 3.05) is 0 Å². The number of sulfone groups is 1. The number of aryl methyl sites for hydroxylation is 2. The second-order valence-electron chi connectivity index (χ2n) is 4.58. The maximum Gasteiger partial charge on any atom is 0.209 e. The van der Waals surface area contributed by atoms with E-state index in [1.807, 2.05) is 12.1 Å². The summed E-state index contributed by atoms with van der Waals surface area (Å²) >= 11 is 0. The Balaban J connectivity index is 2.08. The van der Waals surface area contributed by atoms with Crippen LogP contribution >= 0.6 is 0 Å². The zero-order valence-corrected chi connectivity index (χ0v) is 10.7. The first-order chi connectivity index (χ1) is 8.68. The first kappa shape index (κ1) is 11.5. The summed E-state index contributed by atoms with van der Waals surface area (Å²) in [5, 5.41) is 6.24. The molecule has 1 N–H and O–H groups in total. The van der Waals surface area contributed by atoms with E-state index in [2.05, 4.69) is 10.2 Å². The lowest BCUT2D eigenvalue weighted by Gasteiger charge is -2.16. The molecular weight excluding hydrogens is 248 g/mol. The van der Waals surface area contributed by atoms with Gasteiger partial charge in [-0.3, -0.25) is 5.10 Å². The van der Waals surface area contributed by atoms with Crippen molar-refractivity contribution in [2.45, 2.75) is 35.5 Å². The zero-order chi connectivity index (χ0) is 12.6. The van der Waals surface area contributed by atoms with E-state index >= 15 is 0 Å². The molecule has 4 nitrogen and oxygen atoms in total. The summed E-state index contributed by atoms with van der Waals surface area (Å²) in [7, 11) is -3.42. The molecule has 1 aromatic heterocycles. The number of benzene rings is 1. The summed E-state index contributed by atoms with van der Waals surface area (Å²) in [5.74, 6) is 0. The van der Waals surface area contributed by atoms with Crippen molar-refractivity contribution in [1.82, 2.24) is 10.2 Å². The standard InChI is InChI=1S/C13H14N2O2S/c16-18(17,13-8-14-15-9-13)12-6-5-10-3-1-2-4-11(10)7-12/h5-9H,1-4H2,(H,14,15). The van der Waals surface area contributed by atoms with Gasteiger partial charge < -0.3 is 0 Å². The monoisotopic (exact) mass is 262 g/mol. The van der Waals surface area contributed by atoms with E-state index in [-0.39, 0.29) is 4.90 Å². The van der Waals surface area contributed by atoms with Gasteiger partial charge in [0.05, 0.1) is 11.1 Å². The van der Waals surface area contributed by atoms with Crippen LogP contribution in [-0.2, 0) is 22.7 Å². The van der Waals surface area contributed by atoms with Crippen LogP contribution in [0.3, 0.4) is 0 Å². The number of H-pyrrole nitrogens is 1. The lowest BCUT2D eigenvalue weighted by Crippen LogP contribution is -2.06. The Labute approximate surface area is 106 Å². The van der Waals surface area contributed by atoms with E-state index in [1.54, 1.807) is 6.07 Å². The van der Waals surface area contributed by atoms with Gasteiger partial charge in [0.2, 0.25) is 9.84 Å². The molecule has 18 heavy (non-hydrogen) atoms. The molecule has 2 aromatic rings. The van der Waals surface area contributed by atoms with E-state index in [1.165, 1.54) is 29.9 Å². The fraction of sp³-hybridized carbons (Fsp3) is 0.308. The number of nitrogens with one attached hydrogen (secondary N) is 1. The van der Waals surface area contributed by atoms with Crippen LogP contribution < -0.4 is 0 Å². The number of hydrogen-bond donors (Lipinski definition) is 1. The average molecular weight is 262 g/mol. The molecule has 0 amide bonds. The fourth-order valence-corrected chi connectivity index (χ4v) is 3.62. The van der Waals surface area contributed by atoms with Crippen molar-refractivity contribution in [1.29, 1.82) is 0 Å². The third-order valence-corrected chi connectivity index (χ3v) is 5.13. The van der Waals surface area contributed by atoms with Crippen molar-refractivity contribution in [3.05, 3.63) is 41.7 Å². The average Bonchev–Trinajstić information content (AvgIpc) is 2.92. The Hall–Kier alpha value is -1.62. The molecule has 94 valence electrons. The third-order valence-electron chi connectivity index (χ3n) is 3.41. The van der Waals surface area contributed by atoms with Gasteiger partial charge in [0, 0.05) is 6.20 Å². The summed E-state index contributed by atoms with van der Waals surface area (Å²) in [4.78, 5) is 0.586. The molecule has 1 aliphatic rings. The number of nitrogens with zero attached hydrogens (tertiary/aromatic N) is 1. The normalized spacial score (nSPS) is 15.3. The van der Waals surface area contributed by atoms with Crippen molar-refractivity contribution >= 4 is 9.84 Å². The molecule has 1 aliphatic carbocycles. The number of fused-ring (bicyclic) bond motifs is 1. The molecule has 0 aliphatic heterocycles. The number of hydrogen-bond acceptors (Lipinski definition) is 3. The van der Waals surface area contributed by atoms with Crippen LogP contribution in [0, 0.1) is 0 Å². The van der Waals surface area contributed by atoms with Gasteiger partial charge in [-0.25, -0.2) is 8.42 Å². The Morgan fingerprint density at radius 3 is 2.56 bits per heavy atom. The van der Waals surface area contributed by atoms with Crippen LogP contribution in [0.25, 0.3) is 0 Å². The van der Waals surface area contributed by atoms with Crippen molar-refractivity contribution < 1.29 is 8.42 Å². The quantitative estimate of drug-likeness (QED) is 0.901. The summed E-state index contributed by atoms with van der Waals surface area (Å²) in [6.07, 6.45) is 7.12. The van der Waals surface area contributed by atoms with Gasteiger partial charge in [-0.1, -0.05) is 6.07 Å². The summed E-state index contributed by atoms with van der Waals surface area (Å²) in [6, 6.07) is 5.46. The fourth-order valence-electron chi connectivity index (χ4n) is 2.40. The molecule has 0 atom stereocenters. The largest absolute Gasteiger partial charge is 0.284 e. The van der Waals surface area contributed by atoms with Gasteiger partial charge in [-0.2, -0.15) is 5.10 Å². The minimum atomic E-state index is -3.42. The van der Waals surface area contributed by atoms with Gasteiger partial charge in [-0.15, -0.1) is 0 Å². The smallest absolute Gasteiger partial charge is 0.209 e. The highest BCUT2D eigenvalue weighted by molar-refractivity contribution is 7.91. The van der Waals surface area contributed by atoms with E-state index in [4.69, 9.17) is 0 Å². The first-order valence-corrected chi connectivity index (χ1v) is 7.52. The minimum absolute atomic E-state index is 0.221. The van der Waals surface area contributed by atoms with E-state index in [0.717, 1.165) is 19.3 Å². The van der Waals surface area contributed by atoms with Gasteiger partial charge in [-0.05, 0) is 48.9 Å². The Morgan fingerprint density at radius 1 is 1.06 bits per heavy atom. The molecule has 0 radical (unpaired) electrons. The Bertz CT molecular complexity index is 660. The predicted octanol–water partition coefficient (Wildman–Crippen LogP) is 2.12. The molecule has 0 unspecified atom stereocenters. The molecule has 0 bridgehead atoms. The highest BCUT2D eigenvalue weighted by atomic mass is 32.2. The topological polar surface area (TPSA) is 62.8 Å². The number of aromatic nitrogens is 2. The van der Waals surface area contributed by atoms with Gasteiger partial charge in [0.1, 0.15) is 4.90 Å². The SMILES string of the molecule is O=S(=O)(c1cn[nH]c1)c1ccc2c(c1)CCCC2. The van der Waals surface area contributed by atoms with Crippen molar-refractivity contribution in [3.8, 4) is 0 Å². The molecule has 1 aromatic carbocycles. The third kappa shape index (κ3) is 1.84. The highest BCUT2D eigenvalue weighted by Gasteiger charge is 2.20. The van der Waals surface area contributed by atoms with Gasteiger partial charge in [0.25, 0.3) is 0 Å². The molecule has 1 heterocycles. The van der Waals surface area contributed by atoms with Crippen LogP contribution in [0.1, 0.15) is 24.0 Å². The summed E-state index contributed by atoms with van der Waals surface area (Å²) < 4.78 is 24.6. The Morgan fingerprint density at radius 2 is 1.83 bits per heavy atom. The van der Waals surface area contributed by atoms with E-state index in [0.29, 0.717) is 4.90 Å². The van der Waals surface area contributed by atoms with Crippen LogP contribution in [0.4, 0.5) is 0 Å². The maximum atomic E-state index is 12.3. The van der Waals surface area contributed by atoms with E-state index < -0.39 is 9.84 Å². The van der Waals surface area contributed by atoms with Gasteiger partial charge >= 0.3 is 0 Å². The molecule has 0 spiro atoms. The second kappa shape index (κ2) is 4.24. The highest BCUT2D eigenvalue weighted by Crippen LogP contribution is 2.26. The predicted molar refractivity (Wildman–Crippen MR) is 67.1 cm³/mol. The zero-order valence-electron chi connectivity index (χ0n) is 9.89. The maximum absolute atomic E-state index is 12.3. The molecule has 0 saturated carbocycles. The number of rotatable bonds is 2.